The summed E-state index contributed by atoms with van der Waals surface area (Å²) in [6, 6.07) is 8.33. The standard InChI is InChI=1S/C17H20N4/c1-20-9-15-11-21(12-16(15)10-20)17-5-4-14(8-19-17)13-3-2-6-18-7-13/h2-8,15-16H,9-12H2,1H3. The van der Waals surface area contributed by atoms with Crippen LogP contribution in [0.25, 0.3) is 11.1 Å². The van der Waals surface area contributed by atoms with Crippen molar-refractivity contribution in [1.29, 1.82) is 0 Å². The Labute approximate surface area is 125 Å². The fraction of sp³-hybridized carbons (Fsp3) is 0.412. The van der Waals surface area contributed by atoms with Gasteiger partial charge in [-0.25, -0.2) is 4.98 Å². The number of fused-ring (bicyclic) bond motifs is 1. The van der Waals surface area contributed by atoms with Gasteiger partial charge in [-0.2, -0.15) is 0 Å². The Balaban J connectivity index is 1.50. The van der Waals surface area contributed by atoms with Crippen LogP contribution < -0.4 is 4.90 Å². The summed E-state index contributed by atoms with van der Waals surface area (Å²) in [6.07, 6.45) is 5.64. The maximum atomic E-state index is 4.67. The van der Waals surface area contributed by atoms with Crippen LogP contribution in [0.1, 0.15) is 0 Å². The first-order valence-electron chi connectivity index (χ1n) is 7.59. The molecule has 2 atom stereocenters. The first kappa shape index (κ1) is 12.8. The lowest BCUT2D eigenvalue weighted by Crippen LogP contribution is -2.27. The Kier molecular flexibility index (Phi) is 3.11. The zero-order chi connectivity index (χ0) is 14.2. The molecule has 0 spiro atoms. The smallest absolute Gasteiger partial charge is 0.128 e. The van der Waals surface area contributed by atoms with E-state index in [-0.39, 0.29) is 0 Å². The lowest BCUT2D eigenvalue weighted by Gasteiger charge is -2.20. The van der Waals surface area contributed by atoms with Gasteiger partial charge in [0.2, 0.25) is 0 Å². The minimum absolute atomic E-state index is 0.815. The molecule has 108 valence electrons. The zero-order valence-electron chi connectivity index (χ0n) is 12.3. The van der Waals surface area contributed by atoms with Gasteiger partial charge < -0.3 is 9.80 Å². The van der Waals surface area contributed by atoms with Crippen molar-refractivity contribution in [1.82, 2.24) is 14.9 Å². The van der Waals surface area contributed by atoms with E-state index in [4.69, 9.17) is 0 Å². The molecule has 2 aliphatic heterocycles. The van der Waals surface area contributed by atoms with E-state index >= 15 is 0 Å². The van der Waals surface area contributed by atoms with Crippen LogP contribution in [0.2, 0.25) is 0 Å². The first-order valence-corrected chi connectivity index (χ1v) is 7.59. The third-order valence-corrected chi connectivity index (χ3v) is 4.74. The molecule has 2 aliphatic rings. The fourth-order valence-electron chi connectivity index (χ4n) is 3.69. The van der Waals surface area contributed by atoms with Gasteiger partial charge >= 0.3 is 0 Å². The quantitative estimate of drug-likeness (QED) is 0.843. The second-order valence-electron chi connectivity index (χ2n) is 6.29. The minimum atomic E-state index is 0.815. The lowest BCUT2D eigenvalue weighted by molar-refractivity contribution is 0.387. The maximum Gasteiger partial charge on any atom is 0.128 e. The molecule has 0 aliphatic carbocycles. The molecule has 0 bridgehead atoms. The highest BCUT2D eigenvalue weighted by Crippen LogP contribution is 2.32. The Bertz CT molecular complexity index is 596. The number of likely N-dealkylation sites (tertiary alicyclic amines) is 1. The molecule has 4 heteroatoms. The number of aromatic nitrogens is 2. The first-order chi connectivity index (χ1) is 10.3. The molecule has 0 radical (unpaired) electrons. The molecule has 2 aromatic heterocycles. The largest absolute Gasteiger partial charge is 0.356 e. The summed E-state index contributed by atoms with van der Waals surface area (Å²) in [5.74, 6) is 2.74. The van der Waals surface area contributed by atoms with E-state index < -0.39 is 0 Å². The van der Waals surface area contributed by atoms with Gasteiger partial charge in [-0.05, 0) is 37.1 Å². The van der Waals surface area contributed by atoms with Crippen LogP contribution in [-0.2, 0) is 0 Å². The average Bonchev–Trinajstić information content (AvgIpc) is 3.06. The molecule has 2 fully saturated rings. The van der Waals surface area contributed by atoms with Crippen molar-refractivity contribution in [2.75, 3.05) is 38.1 Å². The fourth-order valence-corrected chi connectivity index (χ4v) is 3.69. The molecule has 0 aromatic carbocycles. The molecule has 4 rings (SSSR count). The molecular formula is C17H20N4. The Morgan fingerprint density at radius 2 is 1.71 bits per heavy atom. The van der Waals surface area contributed by atoms with Crippen molar-refractivity contribution in [2.24, 2.45) is 11.8 Å². The predicted octanol–water partition coefficient (Wildman–Crippen LogP) is 2.14. The molecule has 0 saturated carbocycles. The van der Waals surface area contributed by atoms with Crippen molar-refractivity contribution < 1.29 is 0 Å². The van der Waals surface area contributed by atoms with Gasteiger partial charge in [0.25, 0.3) is 0 Å². The van der Waals surface area contributed by atoms with Gasteiger partial charge in [0.1, 0.15) is 5.82 Å². The van der Waals surface area contributed by atoms with Gasteiger partial charge in [-0.1, -0.05) is 6.07 Å². The van der Waals surface area contributed by atoms with E-state index in [1.807, 2.05) is 18.5 Å². The van der Waals surface area contributed by atoms with E-state index in [9.17, 15) is 0 Å². The highest BCUT2D eigenvalue weighted by atomic mass is 15.3. The van der Waals surface area contributed by atoms with Crippen LogP contribution in [0, 0.1) is 11.8 Å². The predicted molar refractivity (Wildman–Crippen MR) is 84.2 cm³/mol. The Morgan fingerprint density at radius 3 is 2.33 bits per heavy atom. The number of rotatable bonds is 2. The van der Waals surface area contributed by atoms with E-state index in [0.29, 0.717) is 0 Å². The number of nitrogens with zero attached hydrogens (tertiary/aromatic N) is 4. The molecule has 2 unspecified atom stereocenters. The SMILES string of the molecule is CN1CC2CN(c3ccc(-c4cccnc4)cn3)CC2C1. The van der Waals surface area contributed by atoms with E-state index in [1.165, 1.54) is 13.1 Å². The molecule has 0 N–H and O–H groups in total. The van der Waals surface area contributed by atoms with Gasteiger partial charge in [-0.15, -0.1) is 0 Å². The highest BCUT2D eigenvalue weighted by molar-refractivity contribution is 5.62. The summed E-state index contributed by atoms with van der Waals surface area (Å²) < 4.78 is 0. The van der Waals surface area contributed by atoms with Gasteiger partial charge in [-0.3, -0.25) is 4.98 Å². The molecule has 4 heterocycles. The molecule has 21 heavy (non-hydrogen) atoms. The summed E-state index contributed by atoms with van der Waals surface area (Å²) in [6.45, 7) is 4.76. The minimum Gasteiger partial charge on any atom is -0.356 e. The topological polar surface area (TPSA) is 32.3 Å². The highest BCUT2D eigenvalue weighted by Gasteiger charge is 2.38. The third kappa shape index (κ3) is 2.40. The summed E-state index contributed by atoms with van der Waals surface area (Å²) in [5.41, 5.74) is 2.25. The Morgan fingerprint density at radius 1 is 0.952 bits per heavy atom. The van der Waals surface area contributed by atoms with E-state index in [1.54, 1.807) is 6.20 Å². The van der Waals surface area contributed by atoms with Crippen molar-refractivity contribution in [2.45, 2.75) is 0 Å². The van der Waals surface area contributed by atoms with Crippen LogP contribution in [0.5, 0.6) is 0 Å². The third-order valence-electron chi connectivity index (χ3n) is 4.74. The average molecular weight is 280 g/mol. The van der Waals surface area contributed by atoms with E-state index in [2.05, 4.69) is 45.0 Å². The number of hydrogen-bond acceptors (Lipinski definition) is 4. The molecular weight excluding hydrogens is 260 g/mol. The monoisotopic (exact) mass is 280 g/mol. The summed E-state index contributed by atoms with van der Waals surface area (Å²) >= 11 is 0. The van der Waals surface area contributed by atoms with Gasteiger partial charge in [0, 0.05) is 55.9 Å². The molecule has 0 amide bonds. The molecule has 2 aromatic rings. The molecule has 2 saturated heterocycles. The summed E-state index contributed by atoms with van der Waals surface area (Å²) in [4.78, 5) is 13.7. The lowest BCUT2D eigenvalue weighted by atomic mass is 10.0. The molecule has 4 nitrogen and oxygen atoms in total. The van der Waals surface area contributed by atoms with Gasteiger partial charge in [0.15, 0.2) is 0 Å². The van der Waals surface area contributed by atoms with Crippen molar-refractivity contribution >= 4 is 5.82 Å². The van der Waals surface area contributed by atoms with Crippen LogP contribution >= 0.6 is 0 Å². The van der Waals surface area contributed by atoms with Crippen molar-refractivity contribution in [3.8, 4) is 11.1 Å². The normalized spacial score (nSPS) is 25.3. The number of pyridine rings is 2. The summed E-state index contributed by atoms with van der Waals surface area (Å²) in [5, 5.41) is 0. The maximum absolute atomic E-state index is 4.67. The number of anilines is 1. The zero-order valence-corrected chi connectivity index (χ0v) is 12.3. The van der Waals surface area contributed by atoms with Crippen LogP contribution in [-0.4, -0.2) is 48.1 Å². The van der Waals surface area contributed by atoms with Crippen LogP contribution in [0.4, 0.5) is 5.82 Å². The van der Waals surface area contributed by atoms with Crippen molar-refractivity contribution in [3.05, 3.63) is 42.9 Å². The van der Waals surface area contributed by atoms with Gasteiger partial charge in [0.05, 0.1) is 0 Å². The van der Waals surface area contributed by atoms with E-state index in [0.717, 1.165) is 41.9 Å². The summed E-state index contributed by atoms with van der Waals surface area (Å²) in [7, 11) is 2.23. The van der Waals surface area contributed by atoms with Crippen LogP contribution in [0.3, 0.4) is 0 Å². The second kappa shape index (κ2) is 5.11. The second-order valence-corrected chi connectivity index (χ2v) is 6.29. The number of hydrogen-bond donors (Lipinski definition) is 0. The Hall–Kier alpha value is -1.94. The van der Waals surface area contributed by atoms with Crippen molar-refractivity contribution in [3.63, 3.8) is 0 Å². The van der Waals surface area contributed by atoms with Crippen LogP contribution in [0.15, 0.2) is 42.9 Å².